The number of hydrogen-bond donors (Lipinski definition) is 1. The lowest BCUT2D eigenvalue weighted by molar-refractivity contribution is 0.0913. The van der Waals surface area contributed by atoms with Gasteiger partial charge in [0.1, 0.15) is 4.83 Å². The van der Waals surface area contributed by atoms with E-state index in [1.165, 1.54) is 24.2 Å². The minimum Gasteiger partial charge on any atom is -0.349 e. The largest absolute Gasteiger partial charge is 0.349 e. The van der Waals surface area contributed by atoms with Crippen LogP contribution in [0.3, 0.4) is 0 Å². The number of carbonyl (C=O) groups excluding carboxylic acids is 1. The highest BCUT2D eigenvalue weighted by Crippen LogP contribution is 2.31. The molecular formula is C22H25ClN4OS. The van der Waals surface area contributed by atoms with E-state index in [4.69, 9.17) is 11.6 Å². The fourth-order valence-corrected chi connectivity index (χ4v) is 5.39. The molecule has 0 atom stereocenters. The number of fused-ring (bicyclic) bond motifs is 1. The third-order valence-corrected chi connectivity index (χ3v) is 7.40. The van der Waals surface area contributed by atoms with E-state index in [9.17, 15) is 4.79 Å². The first kappa shape index (κ1) is 19.1. The van der Waals surface area contributed by atoms with Gasteiger partial charge in [0, 0.05) is 35.6 Å². The number of thiophene rings is 1. The van der Waals surface area contributed by atoms with Gasteiger partial charge in [-0.25, -0.2) is 0 Å². The molecule has 0 radical (unpaired) electrons. The summed E-state index contributed by atoms with van der Waals surface area (Å²) >= 11 is 7.52. The number of nitrogens with one attached hydrogen (secondary N) is 1. The lowest BCUT2D eigenvalue weighted by Gasteiger charge is -2.32. The molecule has 2 fully saturated rings. The van der Waals surface area contributed by atoms with Crippen LogP contribution >= 0.6 is 22.9 Å². The summed E-state index contributed by atoms with van der Waals surface area (Å²) in [6, 6.07) is 10.9. The lowest BCUT2D eigenvalue weighted by Crippen LogP contribution is -2.45. The first-order chi connectivity index (χ1) is 14.1. The van der Waals surface area contributed by atoms with Crippen LogP contribution in [0.2, 0.25) is 5.02 Å². The zero-order valence-electron chi connectivity index (χ0n) is 16.5. The van der Waals surface area contributed by atoms with Crippen LogP contribution in [0, 0.1) is 6.92 Å². The average Bonchev–Trinajstić information content (AvgIpc) is 3.40. The Labute approximate surface area is 179 Å². The normalized spacial score (nSPS) is 18.4. The maximum atomic E-state index is 12.9. The molecule has 1 aromatic carbocycles. The molecule has 2 aromatic heterocycles. The molecule has 5 rings (SSSR count). The molecule has 1 N–H and O–H groups in total. The standard InChI is InChI=1S/C22H25ClN4OS/c1-14-19-12-20(21(28)24-17-8-10-26(11-9-17)18-6-7-18)29-22(19)27(25-14)13-15-2-4-16(23)5-3-15/h2-5,12,17-18H,6-11,13H2,1H3,(H,24,28). The number of piperidine rings is 1. The number of benzene rings is 1. The van der Waals surface area contributed by atoms with Crippen LogP contribution in [-0.2, 0) is 6.54 Å². The fourth-order valence-electron chi connectivity index (χ4n) is 4.20. The Morgan fingerprint density at radius 2 is 1.93 bits per heavy atom. The summed E-state index contributed by atoms with van der Waals surface area (Å²) in [5, 5.41) is 9.73. The molecule has 0 unspecified atom stereocenters. The SMILES string of the molecule is Cc1nn(Cc2ccc(Cl)cc2)c2sc(C(=O)NC3CCN(C4CC4)CC3)cc12. The van der Waals surface area contributed by atoms with Crippen LogP contribution in [-0.4, -0.2) is 45.8 Å². The van der Waals surface area contributed by atoms with E-state index in [0.29, 0.717) is 6.54 Å². The van der Waals surface area contributed by atoms with Crippen molar-refractivity contribution in [1.82, 2.24) is 20.0 Å². The highest BCUT2D eigenvalue weighted by atomic mass is 35.5. The summed E-state index contributed by atoms with van der Waals surface area (Å²) in [5.41, 5.74) is 2.10. The third kappa shape index (κ3) is 4.06. The molecule has 1 saturated carbocycles. The zero-order valence-corrected chi connectivity index (χ0v) is 18.1. The number of carbonyl (C=O) groups is 1. The van der Waals surface area contributed by atoms with Gasteiger partial charge in [-0.2, -0.15) is 5.10 Å². The number of aryl methyl sites for hydroxylation is 1. The fraction of sp³-hybridized carbons (Fsp3) is 0.455. The molecule has 5 nitrogen and oxygen atoms in total. The van der Waals surface area contributed by atoms with Crippen LogP contribution in [0.15, 0.2) is 30.3 Å². The third-order valence-electron chi connectivity index (χ3n) is 6.00. The molecule has 7 heteroatoms. The Balaban J connectivity index is 1.29. The number of halogens is 1. The molecule has 1 aliphatic carbocycles. The molecule has 3 heterocycles. The van der Waals surface area contributed by atoms with Crippen molar-refractivity contribution < 1.29 is 4.79 Å². The maximum absolute atomic E-state index is 12.9. The predicted octanol–water partition coefficient (Wildman–Crippen LogP) is 4.46. The quantitative estimate of drug-likeness (QED) is 0.652. The molecule has 2 aliphatic rings. The summed E-state index contributed by atoms with van der Waals surface area (Å²) in [5.74, 6) is 0.0496. The Morgan fingerprint density at radius 1 is 1.21 bits per heavy atom. The van der Waals surface area contributed by atoms with Gasteiger partial charge in [0.15, 0.2) is 0 Å². The van der Waals surface area contributed by atoms with E-state index in [2.05, 4.69) is 15.3 Å². The van der Waals surface area contributed by atoms with Gasteiger partial charge in [-0.1, -0.05) is 23.7 Å². The summed E-state index contributed by atoms with van der Waals surface area (Å²) in [7, 11) is 0. The minimum absolute atomic E-state index is 0.0496. The van der Waals surface area contributed by atoms with Crippen molar-refractivity contribution in [3.8, 4) is 0 Å². The van der Waals surface area contributed by atoms with Gasteiger partial charge in [0.05, 0.1) is 17.1 Å². The second kappa shape index (κ2) is 7.74. The second-order valence-corrected chi connectivity index (χ2v) is 9.68. The molecule has 0 spiro atoms. The van der Waals surface area contributed by atoms with Gasteiger partial charge >= 0.3 is 0 Å². The van der Waals surface area contributed by atoms with Crippen LogP contribution in [0.4, 0.5) is 0 Å². The van der Waals surface area contributed by atoms with Gasteiger partial charge < -0.3 is 10.2 Å². The first-order valence-electron chi connectivity index (χ1n) is 10.3. The number of hydrogen-bond acceptors (Lipinski definition) is 4. The van der Waals surface area contributed by atoms with Crippen molar-refractivity contribution in [2.75, 3.05) is 13.1 Å². The van der Waals surface area contributed by atoms with Gasteiger partial charge in [-0.3, -0.25) is 9.48 Å². The topological polar surface area (TPSA) is 50.2 Å². The van der Waals surface area contributed by atoms with Crippen molar-refractivity contribution in [3.63, 3.8) is 0 Å². The highest BCUT2D eigenvalue weighted by molar-refractivity contribution is 7.20. The van der Waals surface area contributed by atoms with Crippen LogP contribution in [0.1, 0.15) is 46.6 Å². The number of nitrogens with zero attached hydrogens (tertiary/aromatic N) is 3. The smallest absolute Gasteiger partial charge is 0.261 e. The van der Waals surface area contributed by atoms with E-state index < -0.39 is 0 Å². The van der Waals surface area contributed by atoms with E-state index in [1.807, 2.05) is 41.9 Å². The van der Waals surface area contributed by atoms with E-state index in [0.717, 1.165) is 63.3 Å². The van der Waals surface area contributed by atoms with Gasteiger partial charge in [0.25, 0.3) is 5.91 Å². The highest BCUT2D eigenvalue weighted by Gasteiger charge is 2.32. The Morgan fingerprint density at radius 3 is 2.62 bits per heavy atom. The lowest BCUT2D eigenvalue weighted by atomic mass is 10.0. The van der Waals surface area contributed by atoms with Crippen molar-refractivity contribution in [3.05, 3.63) is 51.5 Å². The summed E-state index contributed by atoms with van der Waals surface area (Å²) in [6.07, 6.45) is 4.81. The van der Waals surface area contributed by atoms with Gasteiger partial charge in [-0.05, 0) is 56.4 Å². The first-order valence-corrected chi connectivity index (χ1v) is 11.5. The van der Waals surface area contributed by atoms with Crippen LogP contribution < -0.4 is 5.32 Å². The number of aromatic nitrogens is 2. The van der Waals surface area contributed by atoms with Gasteiger partial charge in [0.2, 0.25) is 0 Å². The molecule has 1 amide bonds. The number of amides is 1. The van der Waals surface area contributed by atoms with E-state index in [-0.39, 0.29) is 11.9 Å². The zero-order chi connectivity index (χ0) is 20.0. The second-order valence-electron chi connectivity index (χ2n) is 8.21. The van der Waals surface area contributed by atoms with E-state index in [1.54, 1.807) is 0 Å². The molecule has 0 bridgehead atoms. The van der Waals surface area contributed by atoms with Crippen molar-refractivity contribution in [2.24, 2.45) is 0 Å². The van der Waals surface area contributed by atoms with E-state index >= 15 is 0 Å². The Bertz CT molecular complexity index is 1030. The molecule has 29 heavy (non-hydrogen) atoms. The maximum Gasteiger partial charge on any atom is 0.261 e. The monoisotopic (exact) mass is 428 g/mol. The van der Waals surface area contributed by atoms with Crippen LogP contribution in [0.5, 0.6) is 0 Å². The molecule has 152 valence electrons. The average molecular weight is 429 g/mol. The minimum atomic E-state index is 0.0496. The summed E-state index contributed by atoms with van der Waals surface area (Å²) < 4.78 is 1.99. The van der Waals surface area contributed by atoms with Crippen molar-refractivity contribution in [1.29, 1.82) is 0 Å². The van der Waals surface area contributed by atoms with Crippen LogP contribution in [0.25, 0.3) is 10.2 Å². The van der Waals surface area contributed by atoms with Gasteiger partial charge in [-0.15, -0.1) is 11.3 Å². The Kier molecular flexibility index (Phi) is 5.10. The Hall–Kier alpha value is -1.89. The van der Waals surface area contributed by atoms with Crippen molar-refractivity contribution in [2.45, 2.75) is 51.2 Å². The van der Waals surface area contributed by atoms with Crippen molar-refractivity contribution >= 4 is 39.1 Å². The molecule has 1 aliphatic heterocycles. The molecule has 1 saturated heterocycles. The molecular weight excluding hydrogens is 404 g/mol. The number of rotatable bonds is 5. The number of likely N-dealkylation sites (tertiary alicyclic amines) is 1. The summed E-state index contributed by atoms with van der Waals surface area (Å²) in [6.45, 7) is 4.89. The summed E-state index contributed by atoms with van der Waals surface area (Å²) in [4.78, 5) is 17.3. The predicted molar refractivity (Wildman–Crippen MR) is 118 cm³/mol. The molecule has 3 aromatic rings.